The molecule has 0 atom stereocenters. The van der Waals surface area contributed by atoms with Gasteiger partial charge in [0.15, 0.2) is 0 Å². The molecule has 1 aromatic heterocycles. The minimum atomic E-state index is -0.271. The summed E-state index contributed by atoms with van der Waals surface area (Å²) in [5.41, 5.74) is 1.63. The van der Waals surface area contributed by atoms with Gasteiger partial charge in [0.2, 0.25) is 0 Å². The molecule has 1 aliphatic heterocycles. The number of carbonyl (C=O) groups is 1. The molecule has 0 radical (unpaired) electrons. The molecular formula is C16H19ClN4O2S. The van der Waals surface area contributed by atoms with Gasteiger partial charge in [-0.25, -0.2) is 9.78 Å². The maximum absolute atomic E-state index is 12.0. The molecule has 24 heavy (non-hydrogen) atoms. The quantitative estimate of drug-likeness (QED) is 0.853. The first-order valence-corrected chi connectivity index (χ1v) is 9.03. The van der Waals surface area contributed by atoms with Crippen LogP contribution in [0.1, 0.15) is 5.01 Å². The van der Waals surface area contributed by atoms with Crippen LogP contribution in [0.3, 0.4) is 0 Å². The van der Waals surface area contributed by atoms with Crippen LogP contribution in [0.2, 0.25) is 5.02 Å². The van der Waals surface area contributed by atoms with Gasteiger partial charge in [0.05, 0.1) is 28.9 Å². The predicted octanol–water partition coefficient (Wildman–Crippen LogP) is 3.00. The summed E-state index contributed by atoms with van der Waals surface area (Å²) in [5, 5.41) is 9.07. The lowest BCUT2D eigenvalue weighted by Crippen LogP contribution is -2.36. The van der Waals surface area contributed by atoms with Crippen molar-refractivity contribution in [2.45, 2.75) is 6.42 Å². The van der Waals surface area contributed by atoms with Crippen LogP contribution in [0.5, 0.6) is 0 Å². The van der Waals surface area contributed by atoms with Crippen molar-refractivity contribution in [2.24, 2.45) is 0 Å². The Balaban J connectivity index is 1.55. The highest BCUT2D eigenvalue weighted by atomic mass is 35.5. The Kier molecular flexibility index (Phi) is 5.90. The SMILES string of the molecule is O=C(NCCc1nccs1)Nc1cc(N2CCOCC2)ccc1Cl. The van der Waals surface area contributed by atoms with Gasteiger partial charge in [-0.2, -0.15) is 0 Å². The molecule has 0 bridgehead atoms. The van der Waals surface area contributed by atoms with Gasteiger partial charge in [-0.3, -0.25) is 0 Å². The molecule has 2 heterocycles. The Bertz CT molecular complexity index is 675. The highest BCUT2D eigenvalue weighted by Gasteiger charge is 2.13. The van der Waals surface area contributed by atoms with Crippen LogP contribution in [0.15, 0.2) is 29.8 Å². The molecule has 0 aliphatic carbocycles. The summed E-state index contributed by atoms with van der Waals surface area (Å²) in [4.78, 5) is 18.4. The van der Waals surface area contributed by atoms with E-state index in [2.05, 4.69) is 20.5 Å². The standard InChI is InChI=1S/C16H19ClN4O2S/c17-13-2-1-12(21-6-8-23-9-7-21)11-14(13)20-16(22)19-4-3-15-18-5-10-24-15/h1-2,5,10-11H,3-4,6-9H2,(H2,19,20,22). The number of urea groups is 1. The Labute approximate surface area is 149 Å². The van der Waals surface area contributed by atoms with Gasteiger partial charge in [-0.15, -0.1) is 11.3 Å². The molecule has 0 saturated carbocycles. The summed E-state index contributed by atoms with van der Waals surface area (Å²) in [6, 6.07) is 5.39. The largest absolute Gasteiger partial charge is 0.378 e. The number of carbonyl (C=O) groups excluding carboxylic acids is 1. The zero-order valence-corrected chi connectivity index (χ0v) is 14.7. The number of aromatic nitrogens is 1. The first-order chi connectivity index (χ1) is 11.7. The third-order valence-electron chi connectivity index (χ3n) is 3.68. The summed E-state index contributed by atoms with van der Waals surface area (Å²) >= 11 is 7.78. The van der Waals surface area contributed by atoms with Gasteiger partial charge >= 0.3 is 6.03 Å². The fourth-order valence-corrected chi connectivity index (χ4v) is 3.24. The maximum atomic E-state index is 12.0. The first-order valence-electron chi connectivity index (χ1n) is 7.78. The van der Waals surface area contributed by atoms with Gasteiger partial charge in [0, 0.05) is 43.3 Å². The lowest BCUT2D eigenvalue weighted by molar-refractivity contribution is 0.122. The minimum absolute atomic E-state index is 0.271. The van der Waals surface area contributed by atoms with Crippen LogP contribution >= 0.6 is 22.9 Å². The molecule has 6 nitrogen and oxygen atoms in total. The molecule has 2 aromatic rings. The lowest BCUT2D eigenvalue weighted by atomic mass is 10.2. The number of hydrogen-bond acceptors (Lipinski definition) is 5. The van der Waals surface area contributed by atoms with Gasteiger partial charge < -0.3 is 20.3 Å². The van der Waals surface area contributed by atoms with E-state index in [-0.39, 0.29) is 6.03 Å². The van der Waals surface area contributed by atoms with E-state index in [4.69, 9.17) is 16.3 Å². The topological polar surface area (TPSA) is 66.5 Å². The van der Waals surface area contributed by atoms with E-state index in [0.717, 1.165) is 23.8 Å². The number of hydrogen-bond donors (Lipinski definition) is 2. The van der Waals surface area contributed by atoms with Crippen molar-refractivity contribution >= 4 is 40.3 Å². The number of nitrogens with one attached hydrogen (secondary N) is 2. The molecule has 128 valence electrons. The van der Waals surface area contributed by atoms with Crippen molar-refractivity contribution < 1.29 is 9.53 Å². The van der Waals surface area contributed by atoms with Gasteiger partial charge in [-0.1, -0.05) is 11.6 Å². The number of halogens is 1. The second-order valence-electron chi connectivity index (χ2n) is 5.32. The number of rotatable bonds is 5. The number of anilines is 2. The van der Waals surface area contributed by atoms with Crippen molar-refractivity contribution in [1.82, 2.24) is 10.3 Å². The number of benzene rings is 1. The number of nitrogens with zero attached hydrogens (tertiary/aromatic N) is 2. The van der Waals surface area contributed by atoms with Crippen LogP contribution in [0.4, 0.5) is 16.2 Å². The summed E-state index contributed by atoms with van der Waals surface area (Å²) in [6.07, 6.45) is 2.48. The highest BCUT2D eigenvalue weighted by molar-refractivity contribution is 7.09. The molecule has 2 N–H and O–H groups in total. The average Bonchev–Trinajstić information content (AvgIpc) is 3.11. The number of amides is 2. The van der Waals surface area contributed by atoms with E-state index < -0.39 is 0 Å². The zero-order valence-electron chi connectivity index (χ0n) is 13.1. The Hall–Kier alpha value is -1.83. The number of morpholine rings is 1. The van der Waals surface area contributed by atoms with Gasteiger partial charge in [-0.05, 0) is 18.2 Å². The van der Waals surface area contributed by atoms with Crippen molar-refractivity contribution in [3.63, 3.8) is 0 Å². The van der Waals surface area contributed by atoms with Crippen LogP contribution in [-0.2, 0) is 11.2 Å². The normalized spacial score (nSPS) is 14.5. The molecule has 1 aromatic carbocycles. The third kappa shape index (κ3) is 4.59. The van der Waals surface area contributed by atoms with Crippen molar-refractivity contribution in [3.8, 4) is 0 Å². The van der Waals surface area contributed by atoms with Crippen LogP contribution in [-0.4, -0.2) is 43.9 Å². The zero-order chi connectivity index (χ0) is 16.8. The van der Waals surface area contributed by atoms with Crippen LogP contribution in [0.25, 0.3) is 0 Å². The van der Waals surface area contributed by atoms with E-state index in [1.807, 2.05) is 17.5 Å². The van der Waals surface area contributed by atoms with Crippen LogP contribution < -0.4 is 15.5 Å². The fraction of sp³-hybridized carbons (Fsp3) is 0.375. The van der Waals surface area contributed by atoms with E-state index in [9.17, 15) is 4.79 Å². The smallest absolute Gasteiger partial charge is 0.319 e. The minimum Gasteiger partial charge on any atom is -0.378 e. The van der Waals surface area contributed by atoms with Gasteiger partial charge in [0.1, 0.15) is 0 Å². The maximum Gasteiger partial charge on any atom is 0.319 e. The summed E-state index contributed by atoms with van der Waals surface area (Å²) in [7, 11) is 0. The highest BCUT2D eigenvalue weighted by Crippen LogP contribution is 2.28. The third-order valence-corrected chi connectivity index (χ3v) is 4.85. The van der Waals surface area contributed by atoms with Crippen molar-refractivity contribution in [3.05, 3.63) is 39.8 Å². The van der Waals surface area contributed by atoms with E-state index in [1.54, 1.807) is 23.6 Å². The fourth-order valence-electron chi connectivity index (χ4n) is 2.45. The Morgan fingerprint density at radius 1 is 1.38 bits per heavy atom. The van der Waals surface area contributed by atoms with Gasteiger partial charge in [0.25, 0.3) is 0 Å². The first kappa shape index (κ1) is 17.0. The molecule has 0 spiro atoms. The molecule has 8 heteroatoms. The predicted molar refractivity (Wildman–Crippen MR) is 97.3 cm³/mol. The second-order valence-corrected chi connectivity index (χ2v) is 6.71. The molecular weight excluding hydrogens is 348 g/mol. The van der Waals surface area contributed by atoms with Crippen molar-refractivity contribution in [1.29, 1.82) is 0 Å². The molecule has 1 saturated heterocycles. The van der Waals surface area contributed by atoms with E-state index in [1.165, 1.54) is 0 Å². The molecule has 2 amide bonds. The summed E-state index contributed by atoms with van der Waals surface area (Å²) in [5.74, 6) is 0. The lowest BCUT2D eigenvalue weighted by Gasteiger charge is -2.29. The van der Waals surface area contributed by atoms with E-state index in [0.29, 0.717) is 36.9 Å². The average molecular weight is 367 g/mol. The Morgan fingerprint density at radius 3 is 2.96 bits per heavy atom. The number of thiazole rings is 1. The summed E-state index contributed by atoms with van der Waals surface area (Å²) < 4.78 is 5.36. The molecule has 1 aliphatic rings. The molecule has 3 rings (SSSR count). The summed E-state index contributed by atoms with van der Waals surface area (Å²) in [6.45, 7) is 3.62. The van der Waals surface area contributed by atoms with E-state index >= 15 is 0 Å². The van der Waals surface area contributed by atoms with Crippen molar-refractivity contribution in [2.75, 3.05) is 43.1 Å². The second kappa shape index (κ2) is 8.32. The Morgan fingerprint density at radius 2 is 2.21 bits per heavy atom. The molecule has 0 unspecified atom stereocenters. The number of ether oxygens (including phenoxy) is 1. The monoisotopic (exact) mass is 366 g/mol. The van der Waals surface area contributed by atoms with Crippen LogP contribution in [0, 0.1) is 0 Å². The molecule has 1 fully saturated rings.